The number of carbonyl (C=O) groups excluding carboxylic acids is 1. The molecule has 0 N–H and O–H groups in total. The zero-order valence-corrected chi connectivity index (χ0v) is 9.77. The zero-order valence-electron chi connectivity index (χ0n) is 9.77. The van der Waals surface area contributed by atoms with Gasteiger partial charge in [-0.05, 0) is 32.0 Å². The molecule has 0 bridgehead atoms. The van der Waals surface area contributed by atoms with Crippen LogP contribution in [0.1, 0.15) is 27.4 Å². The number of nitrogens with zero attached hydrogens (tertiary/aromatic N) is 1. The van der Waals surface area contributed by atoms with Crippen LogP contribution in [0.3, 0.4) is 0 Å². The summed E-state index contributed by atoms with van der Waals surface area (Å²) in [7, 11) is 0. The van der Waals surface area contributed by atoms with Gasteiger partial charge in [-0.1, -0.05) is 0 Å². The van der Waals surface area contributed by atoms with Crippen molar-refractivity contribution < 1.29 is 13.9 Å². The summed E-state index contributed by atoms with van der Waals surface area (Å²) in [6.45, 7) is 3.93. The van der Waals surface area contributed by atoms with Gasteiger partial charge in [0.05, 0.1) is 5.56 Å². The molecule has 88 valence electrons. The van der Waals surface area contributed by atoms with Crippen molar-refractivity contribution >= 4 is 5.97 Å². The van der Waals surface area contributed by atoms with Crippen molar-refractivity contribution in [1.82, 2.24) is 4.98 Å². The van der Waals surface area contributed by atoms with E-state index in [2.05, 4.69) is 4.98 Å². The minimum Gasteiger partial charge on any atom is -0.466 e. The van der Waals surface area contributed by atoms with Crippen LogP contribution >= 0.6 is 0 Å². The molecule has 4 nitrogen and oxygen atoms in total. The minimum absolute atomic E-state index is 0.219. The van der Waals surface area contributed by atoms with Crippen LogP contribution in [-0.2, 0) is 11.3 Å². The largest absolute Gasteiger partial charge is 0.466 e. The first-order valence-corrected chi connectivity index (χ1v) is 5.30. The lowest BCUT2D eigenvalue weighted by molar-refractivity contribution is 0.0471. The molecule has 0 atom stereocenters. The Kier molecular flexibility index (Phi) is 3.23. The van der Waals surface area contributed by atoms with Crippen LogP contribution < -0.4 is 0 Å². The second kappa shape index (κ2) is 4.82. The monoisotopic (exact) mass is 231 g/mol. The number of hydrogen-bond donors (Lipinski definition) is 0. The third-order valence-corrected chi connectivity index (χ3v) is 2.40. The number of rotatable bonds is 3. The Morgan fingerprint density at radius 3 is 2.88 bits per heavy atom. The van der Waals surface area contributed by atoms with Gasteiger partial charge in [-0.15, -0.1) is 0 Å². The molecule has 4 heteroatoms. The van der Waals surface area contributed by atoms with Gasteiger partial charge in [-0.2, -0.15) is 0 Å². The fourth-order valence-corrected chi connectivity index (χ4v) is 1.54. The summed E-state index contributed by atoms with van der Waals surface area (Å²) in [5.41, 5.74) is 1.34. The van der Waals surface area contributed by atoms with Gasteiger partial charge in [-0.3, -0.25) is 4.98 Å². The van der Waals surface area contributed by atoms with E-state index in [4.69, 9.17) is 9.15 Å². The van der Waals surface area contributed by atoms with Crippen molar-refractivity contribution in [2.24, 2.45) is 0 Å². The summed E-state index contributed by atoms with van der Waals surface area (Å²) < 4.78 is 10.5. The maximum atomic E-state index is 11.6. The van der Waals surface area contributed by atoms with Crippen molar-refractivity contribution in [2.45, 2.75) is 20.5 Å². The van der Waals surface area contributed by atoms with E-state index in [1.807, 2.05) is 19.9 Å². The van der Waals surface area contributed by atoms with E-state index in [-0.39, 0.29) is 12.6 Å². The second-order valence-electron chi connectivity index (χ2n) is 3.76. The Hall–Kier alpha value is -2.10. The maximum Gasteiger partial charge on any atom is 0.340 e. The lowest BCUT2D eigenvalue weighted by Gasteiger charge is -2.03. The summed E-state index contributed by atoms with van der Waals surface area (Å²) in [5, 5.41) is 0. The third kappa shape index (κ3) is 2.72. The quantitative estimate of drug-likeness (QED) is 0.762. The number of furan rings is 1. The fraction of sp³-hybridized carbons (Fsp3) is 0.231. The molecule has 0 fully saturated rings. The van der Waals surface area contributed by atoms with Crippen molar-refractivity contribution in [2.75, 3.05) is 0 Å². The standard InChI is InChI=1S/C13H13NO3/c1-9-6-12(10(2)17-9)8-16-13(15)11-4-3-5-14-7-11/h3-7H,8H2,1-2H3. The van der Waals surface area contributed by atoms with Crippen LogP contribution in [0.25, 0.3) is 0 Å². The van der Waals surface area contributed by atoms with Crippen LogP contribution in [0.2, 0.25) is 0 Å². The van der Waals surface area contributed by atoms with E-state index in [0.717, 1.165) is 17.1 Å². The molecular weight excluding hydrogens is 218 g/mol. The average Bonchev–Trinajstić information content (AvgIpc) is 2.66. The predicted molar refractivity (Wildman–Crippen MR) is 61.5 cm³/mol. The topological polar surface area (TPSA) is 52.3 Å². The molecule has 0 aromatic carbocycles. The highest BCUT2D eigenvalue weighted by Crippen LogP contribution is 2.15. The van der Waals surface area contributed by atoms with E-state index in [9.17, 15) is 4.79 Å². The van der Waals surface area contributed by atoms with Crippen LogP contribution in [-0.4, -0.2) is 11.0 Å². The van der Waals surface area contributed by atoms with Gasteiger partial charge in [-0.25, -0.2) is 4.79 Å². The van der Waals surface area contributed by atoms with E-state index < -0.39 is 0 Å². The molecule has 2 aromatic rings. The molecule has 0 aliphatic carbocycles. The number of aryl methyl sites for hydroxylation is 2. The first kappa shape index (κ1) is 11.4. The van der Waals surface area contributed by atoms with E-state index >= 15 is 0 Å². The molecule has 0 aliphatic heterocycles. The molecule has 17 heavy (non-hydrogen) atoms. The van der Waals surface area contributed by atoms with E-state index in [1.54, 1.807) is 18.3 Å². The van der Waals surface area contributed by atoms with Gasteiger partial charge in [0.2, 0.25) is 0 Å². The lowest BCUT2D eigenvalue weighted by Crippen LogP contribution is -2.05. The van der Waals surface area contributed by atoms with Gasteiger partial charge in [0.15, 0.2) is 0 Å². The van der Waals surface area contributed by atoms with Gasteiger partial charge in [0, 0.05) is 18.0 Å². The van der Waals surface area contributed by atoms with Crippen molar-refractivity contribution in [1.29, 1.82) is 0 Å². The molecule has 0 saturated heterocycles. The summed E-state index contributed by atoms with van der Waals surface area (Å²) in [5.74, 6) is 1.22. The van der Waals surface area contributed by atoms with Gasteiger partial charge >= 0.3 is 5.97 Å². The van der Waals surface area contributed by atoms with Crippen LogP contribution in [0.15, 0.2) is 35.0 Å². The molecular formula is C13H13NO3. The highest BCUT2D eigenvalue weighted by Gasteiger charge is 2.10. The van der Waals surface area contributed by atoms with Gasteiger partial charge in [0.25, 0.3) is 0 Å². The molecule has 0 amide bonds. The Labute approximate surface area is 99.2 Å². The number of esters is 1. The molecule has 0 spiro atoms. The lowest BCUT2D eigenvalue weighted by atomic mass is 10.2. The van der Waals surface area contributed by atoms with Crippen molar-refractivity contribution in [3.05, 3.63) is 53.2 Å². The SMILES string of the molecule is Cc1cc(COC(=O)c2cccnc2)c(C)o1. The zero-order chi connectivity index (χ0) is 12.3. The first-order valence-electron chi connectivity index (χ1n) is 5.30. The van der Waals surface area contributed by atoms with Gasteiger partial charge in [0.1, 0.15) is 18.1 Å². The van der Waals surface area contributed by atoms with E-state index in [0.29, 0.717) is 5.56 Å². The molecule has 2 heterocycles. The predicted octanol–water partition coefficient (Wildman–Crippen LogP) is 2.65. The van der Waals surface area contributed by atoms with E-state index in [1.165, 1.54) is 6.20 Å². The Morgan fingerprint density at radius 2 is 2.29 bits per heavy atom. The molecule has 0 unspecified atom stereocenters. The Bertz CT molecular complexity index is 517. The summed E-state index contributed by atoms with van der Waals surface area (Å²) in [6.07, 6.45) is 3.09. The number of pyridine rings is 1. The summed E-state index contributed by atoms with van der Waals surface area (Å²) in [6, 6.07) is 5.23. The molecule has 2 rings (SSSR count). The Balaban J connectivity index is 1.99. The highest BCUT2D eigenvalue weighted by atomic mass is 16.5. The number of hydrogen-bond acceptors (Lipinski definition) is 4. The average molecular weight is 231 g/mol. The maximum absolute atomic E-state index is 11.6. The third-order valence-electron chi connectivity index (χ3n) is 2.40. The minimum atomic E-state index is -0.378. The first-order chi connectivity index (χ1) is 8.16. The summed E-state index contributed by atoms with van der Waals surface area (Å²) >= 11 is 0. The molecule has 0 radical (unpaired) electrons. The second-order valence-corrected chi connectivity index (χ2v) is 3.76. The van der Waals surface area contributed by atoms with Crippen LogP contribution in [0.4, 0.5) is 0 Å². The van der Waals surface area contributed by atoms with Crippen molar-refractivity contribution in [3.63, 3.8) is 0 Å². The Morgan fingerprint density at radius 1 is 1.47 bits per heavy atom. The highest BCUT2D eigenvalue weighted by molar-refractivity contribution is 5.88. The fourth-order valence-electron chi connectivity index (χ4n) is 1.54. The molecule has 0 saturated carbocycles. The van der Waals surface area contributed by atoms with Crippen LogP contribution in [0.5, 0.6) is 0 Å². The molecule has 2 aromatic heterocycles. The smallest absolute Gasteiger partial charge is 0.340 e. The van der Waals surface area contributed by atoms with Crippen molar-refractivity contribution in [3.8, 4) is 0 Å². The molecule has 0 aliphatic rings. The number of ether oxygens (including phenoxy) is 1. The summed E-state index contributed by atoms with van der Waals surface area (Å²) in [4.78, 5) is 15.5. The number of aromatic nitrogens is 1. The normalized spacial score (nSPS) is 10.2. The van der Waals surface area contributed by atoms with Gasteiger partial charge < -0.3 is 9.15 Å². The van der Waals surface area contributed by atoms with Crippen LogP contribution in [0, 0.1) is 13.8 Å². The number of carbonyl (C=O) groups is 1.